The second-order valence-corrected chi connectivity index (χ2v) is 7.49. The number of hydrogen-bond donors (Lipinski definition) is 0. The Kier molecular flexibility index (Phi) is 4.08. The number of nitrogens with zero attached hydrogens (tertiary/aromatic N) is 1. The van der Waals surface area contributed by atoms with E-state index in [1.165, 1.54) is 4.90 Å². The number of benzene rings is 1. The van der Waals surface area contributed by atoms with Gasteiger partial charge in [0.1, 0.15) is 5.60 Å². The average Bonchev–Trinajstić information content (AvgIpc) is 2.90. The smallest absolute Gasteiger partial charge is 0.410 e. The highest BCUT2D eigenvalue weighted by Gasteiger charge is 2.51. The standard InChI is InChI=1S/C18H24FNO4/c1-16(2,3)24-15(21)20-11-18(19,12-20)14-8-6-5-7-13(14)17(4)22-9-10-23-17/h5-8H,9-12H2,1-4H3. The summed E-state index contributed by atoms with van der Waals surface area (Å²) in [6, 6.07) is 7.17. The molecule has 0 aliphatic carbocycles. The molecular formula is C18H24FNO4. The van der Waals surface area contributed by atoms with E-state index in [9.17, 15) is 4.79 Å². The van der Waals surface area contributed by atoms with Crippen LogP contribution < -0.4 is 0 Å². The molecule has 1 aromatic rings. The number of rotatable bonds is 2. The van der Waals surface area contributed by atoms with Crippen molar-refractivity contribution < 1.29 is 23.4 Å². The van der Waals surface area contributed by atoms with Crippen molar-refractivity contribution in [1.29, 1.82) is 0 Å². The molecule has 2 saturated heterocycles. The van der Waals surface area contributed by atoms with E-state index in [0.29, 0.717) is 24.3 Å². The lowest BCUT2D eigenvalue weighted by Gasteiger charge is -2.46. The van der Waals surface area contributed by atoms with Gasteiger partial charge in [0.2, 0.25) is 0 Å². The molecule has 0 atom stereocenters. The lowest BCUT2D eigenvalue weighted by Crippen LogP contribution is -2.60. The molecule has 6 heteroatoms. The monoisotopic (exact) mass is 337 g/mol. The summed E-state index contributed by atoms with van der Waals surface area (Å²) < 4.78 is 32.1. The SMILES string of the molecule is CC(C)(C)OC(=O)N1CC(F)(c2ccccc2C2(C)OCCO2)C1. The van der Waals surface area contributed by atoms with Gasteiger partial charge in [0.15, 0.2) is 11.5 Å². The Balaban J connectivity index is 1.78. The summed E-state index contributed by atoms with van der Waals surface area (Å²) in [5, 5.41) is 0. The van der Waals surface area contributed by atoms with Gasteiger partial charge in [-0.05, 0) is 27.7 Å². The lowest BCUT2D eigenvalue weighted by molar-refractivity contribution is -0.152. The fraction of sp³-hybridized carbons (Fsp3) is 0.611. The minimum absolute atomic E-state index is 0.0327. The van der Waals surface area contributed by atoms with Gasteiger partial charge in [-0.25, -0.2) is 9.18 Å². The number of amides is 1. The predicted octanol–water partition coefficient (Wildman–Crippen LogP) is 3.32. The summed E-state index contributed by atoms with van der Waals surface area (Å²) in [6.07, 6.45) is -0.493. The van der Waals surface area contributed by atoms with E-state index < -0.39 is 23.2 Å². The summed E-state index contributed by atoms with van der Waals surface area (Å²) in [5.74, 6) is -0.942. The van der Waals surface area contributed by atoms with E-state index in [1.807, 2.05) is 12.1 Å². The Bertz CT molecular complexity index is 628. The van der Waals surface area contributed by atoms with Crippen molar-refractivity contribution in [3.63, 3.8) is 0 Å². The second-order valence-electron chi connectivity index (χ2n) is 7.49. The minimum Gasteiger partial charge on any atom is -0.444 e. The van der Waals surface area contributed by atoms with Crippen LogP contribution in [-0.2, 0) is 25.7 Å². The van der Waals surface area contributed by atoms with Crippen molar-refractivity contribution in [2.45, 2.75) is 44.8 Å². The van der Waals surface area contributed by atoms with Crippen LogP contribution in [-0.4, -0.2) is 42.9 Å². The fourth-order valence-corrected chi connectivity index (χ4v) is 3.12. The third-order valence-electron chi connectivity index (χ3n) is 4.27. The Morgan fingerprint density at radius 3 is 2.25 bits per heavy atom. The van der Waals surface area contributed by atoms with Crippen LogP contribution in [0.2, 0.25) is 0 Å². The average molecular weight is 337 g/mol. The van der Waals surface area contributed by atoms with Crippen molar-refractivity contribution in [1.82, 2.24) is 4.90 Å². The van der Waals surface area contributed by atoms with Crippen LogP contribution in [0.3, 0.4) is 0 Å². The largest absolute Gasteiger partial charge is 0.444 e. The van der Waals surface area contributed by atoms with Gasteiger partial charge >= 0.3 is 6.09 Å². The molecule has 0 aromatic heterocycles. The predicted molar refractivity (Wildman–Crippen MR) is 86.3 cm³/mol. The quantitative estimate of drug-likeness (QED) is 0.831. The Morgan fingerprint density at radius 2 is 1.71 bits per heavy atom. The van der Waals surface area contributed by atoms with Crippen LogP contribution in [0.15, 0.2) is 24.3 Å². The van der Waals surface area contributed by atoms with Crippen molar-refractivity contribution in [3.8, 4) is 0 Å². The van der Waals surface area contributed by atoms with Crippen LogP contribution in [0.5, 0.6) is 0 Å². The molecule has 132 valence electrons. The zero-order valence-corrected chi connectivity index (χ0v) is 14.6. The van der Waals surface area contributed by atoms with Gasteiger partial charge in [-0.1, -0.05) is 24.3 Å². The minimum atomic E-state index is -1.62. The maximum absolute atomic E-state index is 15.4. The number of carbonyl (C=O) groups excluding carboxylic acids is 1. The molecule has 0 N–H and O–H groups in total. The molecule has 5 nitrogen and oxygen atoms in total. The van der Waals surface area contributed by atoms with Crippen LogP contribution >= 0.6 is 0 Å². The summed E-state index contributed by atoms with van der Waals surface area (Å²) in [6.45, 7) is 8.06. The highest BCUT2D eigenvalue weighted by atomic mass is 19.1. The summed E-state index contributed by atoms with van der Waals surface area (Å²) in [4.78, 5) is 13.4. The van der Waals surface area contributed by atoms with E-state index in [2.05, 4.69) is 0 Å². The third kappa shape index (κ3) is 3.13. The van der Waals surface area contributed by atoms with Gasteiger partial charge < -0.3 is 19.1 Å². The number of likely N-dealkylation sites (tertiary alicyclic amines) is 1. The number of halogens is 1. The second kappa shape index (κ2) is 5.70. The van der Waals surface area contributed by atoms with Gasteiger partial charge in [0.25, 0.3) is 0 Å². The molecule has 2 fully saturated rings. The van der Waals surface area contributed by atoms with Gasteiger partial charge in [-0.3, -0.25) is 0 Å². The number of ether oxygens (including phenoxy) is 3. The molecular weight excluding hydrogens is 313 g/mol. The topological polar surface area (TPSA) is 48.0 Å². The molecule has 2 aliphatic heterocycles. The molecule has 3 rings (SSSR count). The van der Waals surface area contributed by atoms with Crippen molar-refractivity contribution >= 4 is 6.09 Å². The Labute approximate surface area is 141 Å². The van der Waals surface area contributed by atoms with Gasteiger partial charge in [0.05, 0.1) is 26.3 Å². The van der Waals surface area contributed by atoms with Crippen LogP contribution in [0, 0.1) is 0 Å². The Hall–Kier alpha value is -1.66. The third-order valence-corrected chi connectivity index (χ3v) is 4.27. The normalized spacial score (nSPS) is 22.1. The number of hydrogen-bond acceptors (Lipinski definition) is 4. The van der Waals surface area contributed by atoms with Crippen LogP contribution in [0.4, 0.5) is 9.18 Å². The summed E-state index contributed by atoms with van der Waals surface area (Å²) in [5.41, 5.74) is -1.03. The van der Waals surface area contributed by atoms with Gasteiger partial charge in [-0.2, -0.15) is 0 Å². The van der Waals surface area contributed by atoms with E-state index in [0.717, 1.165) is 0 Å². The highest BCUT2D eigenvalue weighted by Crippen LogP contribution is 2.43. The maximum atomic E-state index is 15.4. The molecule has 0 bridgehead atoms. The Morgan fingerprint density at radius 1 is 1.17 bits per heavy atom. The van der Waals surface area contributed by atoms with Crippen molar-refractivity contribution in [2.24, 2.45) is 0 Å². The molecule has 0 radical (unpaired) electrons. The van der Waals surface area contributed by atoms with E-state index >= 15 is 4.39 Å². The van der Waals surface area contributed by atoms with Crippen molar-refractivity contribution in [3.05, 3.63) is 35.4 Å². The first kappa shape index (κ1) is 17.2. The zero-order valence-electron chi connectivity index (χ0n) is 14.6. The first-order valence-corrected chi connectivity index (χ1v) is 8.18. The molecule has 0 saturated carbocycles. The molecule has 2 heterocycles. The van der Waals surface area contributed by atoms with Gasteiger partial charge in [-0.15, -0.1) is 0 Å². The molecule has 2 aliphatic rings. The lowest BCUT2D eigenvalue weighted by atomic mass is 9.83. The first-order chi connectivity index (χ1) is 11.1. The van der Waals surface area contributed by atoms with E-state index in [4.69, 9.17) is 14.2 Å². The molecule has 24 heavy (non-hydrogen) atoms. The zero-order chi connectivity index (χ0) is 17.6. The van der Waals surface area contributed by atoms with E-state index in [1.54, 1.807) is 39.8 Å². The summed E-state index contributed by atoms with van der Waals surface area (Å²) in [7, 11) is 0. The summed E-state index contributed by atoms with van der Waals surface area (Å²) >= 11 is 0. The number of carbonyl (C=O) groups is 1. The molecule has 0 unspecified atom stereocenters. The number of alkyl halides is 1. The molecule has 1 amide bonds. The highest BCUT2D eigenvalue weighted by molar-refractivity contribution is 5.70. The first-order valence-electron chi connectivity index (χ1n) is 8.18. The van der Waals surface area contributed by atoms with Gasteiger partial charge in [0, 0.05) is 11.1 Å². The van der Waals surface area contributed by atoms with E-state index in [-0.39, 0.29) is 13.1 Å². The van der Waals surface area contributed by atoms with Crippen molar-refractivity contribution in [2.75, 3.05) is 26.3 Å². The van der Waals surface area contributed by atoms with Crippen LogP contribution in [0.1, 0.15) is 38.8 Å². The molecule has 0 spiro atoms. The maximum Gasteiger partial charge on any atom is 0.410 e. The fourth-order valence-electron chi connectivity index (χ4n) is 3.12. The van der Waals surface area contributed by atoms with Crippen LogP contribution in [0.25, 0.3) is 0 Å². The molecule has 1 aromatic carbocycles.